The van der Waals surface area contributed by atoms with E-state index in [2.05, 4.69) is 35.3 Å². The van der Waals surface area contributed by atoms with Gasteiger partial charge in [0.05, 0.1) is 5.39 Å². The van der Waals surface area contributed by atoms with Gasteiger partial charge >= 0.3 is 0 Å². The molecule has 0 bridgehead atoms. The molecule has 16 heavy (non-hydrogen) atoms. The fourth-order valence-electron chi connectivity index (χ4n) is 2.17. The van der Waals surface area contributed by atoms with E-state index in [-0.39, 0.29) is 0 Å². The molecule has 4 heteroatoms. The first-order valence-electron chi connectivity index (χ1n) is 5.65. The molecule has 0 aliphatic rings. The number of nitrogens with two attached hydrogens (primary N) is 1. The van der Waals surface area contributed by atoms with Crippen molar-refractivity contribution in [3.8, 4) is 0 Å². The van der Waals surface area contributed by atoms with Crippen molar-refractivity contribution in [1.82, 2.24) is 14.5 Å². The van der Waals surface area contributed by atoms with Crippen molar-refractivity contribution >= 4 is 16.9 Å². The van der Waals surface area contributed by atoms with E-state index in [0.29, 0.717) is 5.82 Å². The van der Waals surface area contributed by atoms with Crippen molar-refractivity contribution < 1.29 is 0 Å². The zero-order chi connectivity index (χ0) is 11.9. The summed E-state index contributed by atoms with van der Waals surface area (Å²) in [5, 5.41) is 1.01. The number of rotatable bonds is 2. The second-order valence-electron chi connectivity index (χ2n) is 4.22. The molecule has 0 atom stereocenters. The van der Waals surface area contributed by atoms with Crippen molar-refractivity contribution in [2.45, 2.75) is 40.7 Å². The molecule has 2 heterocycles. The molecule has 0 aliphatic heterocycles. The molecule has 0 saturated heterocycles. The number of hydrogen-bond donors (Lipinski definition) is 1. The molecular formula is C12H18N4. The summed E-state index contributed by atoms with van der Waals surface area (Å²) in [5.74, 6) is 1.33. The number of nitrogens with zero attached hydrogens (tertiary/aromatic N) is 3. The summed E-state index contributed by atoms with van der Waals surface area (Å²) < 4.78 is 2.23. The van der Waals surface area contributed by atoms with Gasteiger partial charge in [-0.3, -0.25) is 0 Å². The molecule has 0 saturated carbocycles. The summed E-state index contributed by atoms with van der Waals surface area (Å²) in [4.78, 5) is 8.74. The van der Waals surface area contributed by atoms with E-state index in [4.69, 9.17) is 5.73 Å². The van der Waals surface area contributed by atoms with Crippen LogP contribution in [0.25, 0.3) is 11.0 Å². The van der Waals surface area contributed by atoms with Crippen molar-refractivity contribution in [3.05, 3.63) is 17.1 Å². The smallest absolute Gasteiger partial charge is 0.146 e. The molecule has 86 valence electrons. The van der Waals surface area contributed by atoms with Crippen LogP contribution in [0.3, 0.4) is 0 Å². The minimum absolute atomic E-state index is 0.595. The summed E-state index contributed by atoms with van der Waals surface area (Å²) in [7, 11) is 0. The highest BCUT2D eigenvalue weighted by molar-refractivity contribution is 5.91. The maximum absolute atomic E-state index is 5.97. The van der Waals surface area contributed by atoms with E-state index in [0.717, 1.165) is 29.8 Å². The Hall–Kier alpha value is -1.58. The summed E-state index contributed by atoms with van der Waals surface area (Å²) in [5.41, 5.74) is 9.38. The third kappa shape index (κ3) is 1.45. The number of aryl methyl sites for hydroxylation is 3. The number of aromatic nitrogens is 3. The van der Waals surface area contributed by atoms with Gasteiger partial charge in [-0.05, 0) is 32.8 Å². The van der Waals surface area contributed by atoms with Crippen LogP contribution in [0.4, 0.5) is 5.82 Å². The molecule has 2 N–H and O–H groups in total. The molecule has 0 fully saturated rings. The van der Waals surface area contributed by atoms with Gasteiger partial charge in [-0.1, -0.05) is 6.92 Å². The van der Waals surface area contributed by atoms with Gasteiger partial charge in [0.2, 0.25) is 0 Å². The van der Waals surface area contributed by atoms with E-state index in [1.165, 1.54) is 11.3 Å². The van der Waals surface area contributed by atoms with Gasteiger partial charge in [0, 0.05) is 12.2 Å². The molecule has 2 rings (SSSR count). The first-order chi connectivity index (χ1) is 7.56. The molecule has 0 unspecified atom stereocenters. The van der Waals surface area contributed by atoms with Crippen LogP contribution in [-0.2, 0) is 6.54 Å². The summed E-state index contributed by atoms with van der Waals surface area (Å²) >= 11 is 0. The zero-order valence-electron chi connectivity index (χ0n) is 10.3. The van der Waals surface area contributed by atoms with Crippen molar-refractivity contribution in [2.24, 2.45) is 0 Å². The maximum atomic E-state index is 5.97. The Labute approximate surface area is 95.5 Å². The largest absolute Gasteiger partial charge is 0.383 e. The fraction of sp³-hybridized carbons (Fsp3) is 0.500. The van der Waals surface area contributed by atoms with E-state index < -0.39 is 0 Å². The van der Waals surface area contributed by atoms with Gasteiger partial charge < -0.3 is 10.3 Å². The molecule has 0 amide bonds. The van der Waals surface area contributed by atoms with Crippen LogP contribution in [0.2, 0.25) is 0 Å². The van der Waals surface area contributed by atoms with E-state index in [9.17, 15) is 0 Å². The molecular weight excluding hydrogens is 200 g/mol. The lowest BCUT2D eigenvalue weighted by atomic mass is 10.2. The van der Waals surface area contributed by atoms with Gasteiger partial charge in [-0.25, -0.2) is 9.97 Å². The van der Waals surface area contributed by atoms with Crippen LogP contribution >= 0.6 is 0 Å². The lowest BCUT2D eigenvalue weighted by Gasteiger charge is -2.05. The van der Waals surface area contributed by atoms with Gasteiger partial charge in [0.1, 0.15) is 17.3 Å². The predicted octanol–water partition coefficient (Wildman–Crippen LogP) is 2.35. The average Bonchev–Trinajstić information content (AvgIpc) is 2.44. The Bertz CT molecular complexity index is 540. The Morgan fingerprint density at radius 1 is 1.19 bits per heavy atom. The molecule has 2 aromatic rings. The van der Waals surface area contributed by atoms with Crippen molar-refractivity contribution in [1.29, 1.82) is 0 Å². The molecule has 0 radical (unpaired) electrons. The summed E-state index contributed by atoms with van der Waals surface area (Å²) in [6.07, 6.45) is 1.09. The van der Waals surface area contributed by atoms with Crippen LogP contribution in [0.5, 0.6) is 0 Å². The van der Waals surface area contributed by atoms with Crippen molar-refractivity contribution in [3.63, 3.8) is 0 Å². The standard InChI is InChI=1S/C12H18N4/c1-5-6-16-8(3)7(2)10-11(13)14-9(4)15-12(10)16/h5-6H2,1-4H3,(H2,13,14,15). The van der Waals surface area contributed by atoms with Crippen molar-refractivity contribution in [2.75, 3.05) is 5.73 Å². The van der Waals surface area contributed by atoms with Gasteiger partial charge in [-0.2, -0.15) is 0 Å². The van der Waals surface area contributed by atoms with Gasteiger partial charge in [0.25, 0.3) is 0 Å². The Morgan fingerprint density at radius 3 is 2.50 bits per heavy atom. The topological polar surface area (TPSA) is 56.7 Å². The highest BCUT2D eigenvalue weighted by atomic mass is 15.1. The highest BCUT2D eigenvalue weighted by Gasteiger charge is 2.15. The number of hydrogen-bond acceptors (Lipinski definition) is 3. The molecule has 2 aromatic heterocycles. The second kappa shape index (κ2) is 3.77. The molecule has 0 spiro atoms. The number of nitrogen functional groups attached to an aromatic ring is 1. The van der Waals surface area contributed by atoms with E-state index in [1.807, 2.05) is 6.92 Å². The van der Waals surface area contributed by atoms with Crippen LogP contribution in [0.1, 0.15) is 30.4 Å². The summed E-state index contributed by atoms with van der Waals surface area (Å²) in [6, 6.07) is 0. The fourth-order valence-corrected chi connectivity index (χ4v) is 2.17. The van der Waals surface area contributed by atoms with Crippen LogP contribution < -0.4 is 5.73 Å². The monoisotopic (exact) mass is 218 g/mol. The van der Waals surface area contributed by atoms with Gasteiger partial charge in [-0.15, -0.1) is 0 Å². The SMILES string of the molecule is CCCn1c(C)c(C)c2c(N)nc(C)nc21. The zero-order valence-corrected chi connectivity index (χ0v) is 10.3. The quantitative estimate of drug-likeness (QED) is 0.841. The third-order valence-electron chi connectivity index (χ3n) is 3.06. The predicted molar refractivity (Wildman–Crippen MR) is 66.4 cm³/mol. The molecule has 4 nitrogen and oxygen atoms in total. The third-order valence-corrected chi connectivity index (χ3v) is 3.06. The van der Waals surface area contributed by atoms with E-state index >= 15 is 0 Å². The lowest BCUT2D eigenvalue weighted by Crippen LogP contribution is -2.02. The normalized spacial score (nSPS) is 11.2. The second-order valence-corrected chi connectivity index (χ2v) is 4.22. The lowest BCUT2D eigenvalue weighted by molar-refractivity contribution is 0.677. The minimum atomic E-state index is 0.595. The Morgan fingerprint density at radius 2 is 1.88 bits per heavy atom. The Balaban J connectivity index is 2.85. The average molecular weight is 218 g/mol. The van der Waals surface area contributed by atoms with Crippen LogP contribution in [0.15, 0.2) is 0 Å². The van der Waals surface area contributed by atoms with Gasteiger partial charge in [0.15, 0.2) is 0 Å². The highest BCUT2D eigenvalue weighted by Crippen LogP contribution is 2.27. The van der Waals surface area contributed by atoms with E-state index in [1.54, 1.807) is 0 Å². The molecule has 0 aromatic carbocycles. The Kier molecular flexibility index (Phi) is 2.58. The number of fused-ring (bicyclic) bond motifs is 1. The minimum Gasteiger partial charge on any atom is -0.383 e. The number of anilines is 1. The molecule has 0 aliphatic carbocycles. The van der Waals surface area contributed by atoms with Crippen LogP contribution in [-0.4, -0.2) is 14.5 Å². The van der Waals surface area contributed by atoms with Crippen LogP contribution in [0, 0.1) is 20.8 Å². The summed E-state index contributed by atoms with van der Waals surface area (Å²) in [6.45, 7) is 9.22. The first kappa shape index (κ1) is 10.9. The first-order valence-corrected chi connectivity index (χ1v) is 5.65. The maximum Gasteiger partial charge on any atom is 0.146 e.